The van der Waals surface area contributed by atoms with Gasteiger partial charge in [0, 0.05) is 6.54 Å². The van der Waals surface area contributed by atoms with Crippen LogP contribution in [-0.4, -0.2) is 22.4 Å². The standard InChI is InChI=1S/C14H25N3O2/c1-3-5-6-7-8-9-10-19-14(18)13-12(15)11-16-17(13)4-2/h11H,3-10,15H2,1-2H3. The zero-order valence-corrected chi connectivity index (χ0v) is 12.0. The molecule has 0 spiro atoms. The van der Waals surface area contributed by atoms with E-state index < -0.39 is 0 Å². The Balaban J connectivity index is 2.26. The molecule has 1 aromatic rings. The second-order valence-electron chi connectivity index (χ2n) is 4.67. The zero-order valence-electron chi connectivity index (χ0n) is 12.0. The molecule has 0 atom stereocenters. The van der Waals surface area contributed by atoms with E-state index in [-0.39, 0.29) is 5.97 Å². The van der Waals surface area contributed by atoms with Gasteiger partial charge in [-0.05, 0) is 13.3 Å². The maximum absolute atomic E-state index is 11.9. The Morgan fingerprint density at radius 1 is 1.26 bits per heavy atom. The topological polar surface area (TPSA) is 70.1 Å². The van der Waals surface area contributed by atoms with Crippen molar-refractivity contribution >= 4 is 11.7 Å². The minimum atomic E-state index is -0.370. The summed E-state index contributed by atoms with van der Waals surface area (Å²) in [5, 5.41) is 4.02. The third kappa shape index (κ3) is 4.93. The van der Waals surface area contributed by atoms with Gasteiger partial charge in [-0.3, -0.25) is 4.68 Å². The van der Waals surface area contributed by atoms with Crippen LogP contribution in [0.25, 0.3) is 0 Å². The first kappa shape index (κ1) is 15.5. The molecule has 0 amide bonds. The molecule has 108 valence electrons. The number of nitrogen functional groups attached to an aromatic ring is 1. The Labute approximate surface area is 115 Å². The van der Waals surface area contributed by atoms with Crippen molar-refractivity contribution in [2.24, 2.45) is 0 Å². The summed E-state index contributed by atoms with van der Waals surface area (Å²) in [7, 11) is 0. The smallest absolute Gasteiger partial charge is 0.358 e. The molecular formula is C14H25N3O2. The van der Waals surface area contributed by atoms with Crippen molar-refractivity contribution in [3.8, 4) is 0 Å². The van der Waals surface area contributed by atoms with Crippen molar-refractivity contribution in [1.29, 1.82) is 0 Å². The molecule has 0 saturated heterocycles. The molecule has 0 aliphatic rings. The number of aromatic nitrogens is 2. The van der Waals surface area contributed by atoms with Crippen molar-refractivity contribution in [2.45, 2.75) is 58.9 Å². The summed E-state index contributed by atoms with van der Waals surface area (Å²) in [4.78, 5) is 11.9. The molecule has 0 aromatic carbocycles. The van der Waals surface area contributed by atoms with E-state index >= 15 is 0 Å². The molecule has 5 heteroatoms. The summed E-state index contributed by atoms with van der Waals surface area (Å²) in [5.74, 6) is -0.370. The zero-order chi connectivity index (χ0) is 14.1. The van der Waals surface area contributed by atoms with Crippen LogP contribution < -0.4 is 5.73 Å². The first-order valence-electron chi connectivity index (χ1n) is 7.19. The number of nitrogens with two attached hydrogens (primary N) is 1. The van der Waals surface area contributed by atoms with Crippen LogP contribution in [0.5, 0.6) is 0 Å². The first-order chi connectivity index (χ1) is 9.20. The van der Waals surface area contributed by atoms with Gasteiger partial charge in [0.15, 0.2) is 5.69 Å². The lowest BCUT2D eigenvalue weighted by molar-refractivity contribution is 0.0484. The number of anilines is 1. The molecule has 2 N–H and O–H groups in total. The fraction of sp³-hybridized carbons (Fsp3) is 0.714. The van der Waals surface area contributed by atoms with Crippen LogP contribution in [0.1, 0.15) is 62.9 Å². The van der Waals surface area contributed by atoms with Gasteiger partial charge in [0.05, 0.1) is 18.5 Å². The van der Waals surface area contributed by atoms with E-state index in [4.69, 9.17) is 10.5 Å². The highest BCUT2D eigenvalue weighted by Crippen LogP contribution is 2.13. The molecule has 0 fully saturated rings. The second-order valence-corrected chi connectivity index (χ2v) is 4.67. The lowest BCUT2D eigenvalue weighted by Gasteiger charge is -2.07. The number of ether oxygens (including phenoxy) is 1. The van der Waals surface area contributed by atoms with Crippen molar-refractivity contribution in [1.82, 2.24) is 9.78 Å². The number of carbonyl (C=O) groups is 1. The number of unbranched alkanes of at least 4 members (excludes halogenated alkanes) is 5. The van der Waals surface area contributed by atoms with Crippen molar-refractivity contribution in [2.75, 3.05) is 12.3 Å². The number of rotatable bonds is 9. The van der Waals surface area contributed by atoms with Gasteiger partial charge in [-0.25, -0.2) is 4.79 Å². The van der Waals surface area contributed by atoms with Gasteiger partial charge in [0.1, 0.15) is 0 Å². The van der Waals surface area contributed by atoms with Gasteiger partial charge in [-0.2, -0.15) is 5.10 Å². The maximum Gasteiger partial charge on any atom is 0.358 e. The Kier molecular flexibility index (Phi) is 7.00. The van der Waals surface area contributed by atoms with Crippen LogP contribution in [0, 0.1) is 0 Å². The largest absolute Gasteiger partial charge is 0.461 e. The lowest BCUT2D eigenvalue weighted by atomic mass is 10.1. The van der Waals surface area contributed by atoms with Crippen LogP contribution in [-0.2, 0) is 11.3 Å². The average molecular weight is 267 g/mol. The molecule has 1 aromatic heterocycles. The Bertz CT molecular complexity index is 388. The monoisotopic (exact) mass is 267 g/mol. The van der Waals surface area contributed by atoms with E-state index in [1.54, 1.807) is 4.68 Å². The molecule has 0 aliphatic heterocycles. The lowest BCUT2D eigenvalue weighted by Crippen LogP contribution is -2.14. The Hall–Kier alpha value is -1.52. The summed E-state index contributed by atoms with van der Waals surface area (Å²) in [6.07, 6.45) is 8.51. The summed E-state index contributed by atoms with van der Waals surface area (Å²) >= 11 is 0. The molecule has 5 nitrogen and oxygen atoms in total. The fourth-order valence-corrected chi connectivity index (χ4v) is 1.98. The summed E-state index contributed by atoms with van der Waals surface area (Å²) < 4.78 is 6.80. The minimum Gasteiger partial charge on any atom is -0.461 e. The maximum atomic E-state index is 11.9. The van der Waals surface area contributed by atoms with Crippen molar-refractivity contribution in [3.05, 3.63) is 11.9 Å². The van der Waals surface area contributed by atoms with E-state index in [9.17, 15) is 4.79 Å². The fourth-order valence-electron chi connectivity index (χ4n) is 1.98. The Morgan fingerprint density at radius 2 is 1.95 bits per heavy atom. The quantitative estimate of drug-likeness (QED) is 0.551. The van der Waals surface area contributed by atoms with Crippen LogP contribution in [0.2, 0.25) is 0 Å². The van der Waals surface area contributed by atoms with Crippen molar-refractivity contribution in [3.63, 3.8) is 0 Å². The predicted molar refractivity (Wildman–Crippen MR) is 76.0 cm³/mol. The minimum absolute atomic E-state index is 0.369. The van der Waals surface area contributed by atoms with Gasteiger partial charge >= 0.3 is 5.97 Å². The van der Waals surface area contributed by atoms with E-state index in [1.165, 1.54) is 31.9 Å². The number of hydrogen-bond donors (Lipinski definition) is 1. The third-order valence-corrected chi connectivity index (χ3v) is 3.09. The number of carbonyl (C=O) groups excluding carboxylic acids is 1. The second kappa shape index (κ2) is 8.56. The van der Waals surface area contributed by atoms with E-state index in [1.807, 2.05) is 6.92 Å². The number of aryl methyl sites for hydroxylation is 1. The van der Waals surface area contributed by atoms with Gasteiger partial charge < -0.3 is 10.5 Å². The molecular weight excluding hydrogens is 242 g/mol. The number of esters is 1. The molecule has 1 heterocycles. The molecule has 1 rings (SSSR count). The van der Waals surface area contributed by atoms with Gasteiger partial charge in [-0.1, -0.05) is 39.0 Å². The summed E-state index contributed by atoms with van der Waals surface area (Å²) in [6.45, 7) is 5.18. The van der Waals surface area contributed by atoms with Gasteiger partial charge in [0.2, 0.25) is 0 Å². The molecule has 19 heavy (non-hydrogen) atoms. The molecule has 0 saturated carbocycles. The number of hydrogen-bond acceptors (Lipinski definition) is 4. The van der Waals surface area contributed by atoms with Crippen LogP contribution in [0.15, 0.2) is 6.20 Å². The first-order valence-corrected chi connectivity index (χ1v) is 7.19. The SMILES string of the molecule is CCCCCCCCOC(=O)c1c(N)cnn1CC. The van der Waals surface area contributed by atoms with Crippen LogP contribution in [0.4, 0.5) is 5.69 Å². The van der Waals surface area contributed by atoms with Crippen molar-refractivity contribution < 1.29 is 9.53 Å². The average Bonchev–Trinajstić information content (AvgIpc) is 2.78. The van der Waals surface area contributed by atoms with Gasteiger partial charge in [0.25, 0.3) is 0 Å². The van der Waals surface area contributed by atoms with Gasteiger partial charge in [-0.15, -0.1) is 0 Å². The summed E-state index contributed by atoms with van der Waals surface area (Å²) in [5.41, 5.74) is 6.47. The molecule has 0 radical (unpaired) electrons. The van der Waals surface area contributed by atoms with Crippen LogP contribution >= 0.6 is 0 Å². The van der Waals surface area contributed by atoms with E-state index in [2.05, 4.69) is 12.0 Å². The normalized spacial score (nSPS) is 10.6. The third-order valence-electron chi connectivity index (χ3n) is 3.09. The molecule has 0 bridgehead atoms. The Morgan fingerprint density at radius 3 is 2.63 bits per heavy atom. The predicted octanol–water partition coefficient (Wildman–Crippen LogP) is 3.00. The highest BCUT2D eigenvalue weighted by atomic mass is 16.5. The molecule has 0 aliphatic carbocycles. The molecule has 0 unspecified atom stereocenters. The van der Waals surface area contributed by atoms with Crippen LogP contribution in [0.3, 0.4) is 0 Å². The van der Waals surface area contributed by atoms with E-state index in [0.29, 0.717) is 24.5 Å². The highest BCUT2D eigenvalue weighted by molar-refractivity contribution is 5.93. The highest BCUT2D eigenvalue weighted by Gasteiger charge is 2.17. The van der Waals surface area contributed by atoms with E-state index in [0.717, 1.165) is 12.8 Å². The summed E-state index contributed by atoms with van der Waals surface area (Å²) in [6, 6.07) is 0. The number of nitrogens with zero attached hydrogens (tertiary/aromatic N) is 2.